The third-order valence-corrected chi connectivity index (χ3v) is 3.74. The molecule has 1 atom stereocenters. The molecule has 1 aromatic carbocycles. The van der Waals surface area contributed by atoms with Crippen molar-refractivity contribution in [2.24, 2.45) is 0 Å². The zero-order valence-corrected chi connectivity index (χ0v) is 9.39. The third kappa shape index (κ3) is 1.60. The Kier molecular flexibility index (Phi) is 2.57. The lowest BCUT2D eigenvalue weighted by Gasteiger charge is -2.28. The highest BCUT2D eigenvalue weighted by Gasteiger charge is 2.18. The summed E-state index contributed by atoms with van der Waals surface area (Å²) in [6.07, 6.45) is 1.23. The molecule has 1 aliphatic rings. The number of rotatable bonds is 1. The van der Waals surface area contributed by atoms with Crippen LogP contribution in [0.15, 0.2) is 18.2 Å². The van der Waals surface area contributed by atoms with Gasteiger partial charge in [-0.05, 0) is 53.3 Å². The second-order valence-electron chi connectivity index (χ2n) is 2.97. The normalized spacial score (nSPS) is 22.0. The molecule has 1 heterocycles. The molecular formula is C9H9ClIN. The van der Waals surface area contributed by atoms with Crippen LogP contribution in [0.3, 0.4) is 0 Å². The Balaban J connectivity index is 2.27. The molecule has 0 bridgehead atoms. The van der Waals surface area contributed by atoms with Crippen molar-refractivity contribution in [3.05, 3.63) is 32.4 Å². The van der Waals surface area contributed by atoms with Crippen molar-refractivity contribution >= 4 is 34.2 Å². The minimum atomic E-state index is 0.541. The van der Waals surface area contributed by atoms with E-state index in [1.807, 2.05) is 0 Å². The molecule has 1 aliphatic heterocycles. The molecule has 1 fully saturated rings. The highest BCUT2D eigenvalue weighted by Crippen LogP contribution is 2.27. The van der Waals surface area contributed by atoms with Gasteiger partial charge in [0.1, 0.15) is 0 Å². The molecule has 1 N–H and O–H groups in total. The predicted molar refractivity (Wildman–Crippen MR) is 59.5 cm³/mol. The lowest BCUT2D eigenvalue weighted by molar-refractivity contribution is 0.383. The quantitative estimate of drug-likeness (QED) is 0.785. The van der Waals surface area contributed by atoms with Crippen LogP contribution in [0.5, 0.6) is 0 Å². The van der Waals surface area contributed by atoms with E-state index in [2.05, 4.69) is 46.1 Å². The van der Waals surface area contributed by atoms with Crippen LogP contribution in [0.2, 0.25) is 5.02 Å². The van der Waals surface area contributed by atoms with E-state index < -0.39 is 0 Å². The smallest absolute Gasteiger partial charge is 0.0542 e. The van der Waals surface area contributed by atoms with E-state index in [-0.39, 0.29) is 0 Å². The summed E-state index contributed by atoms with van der Waals surface area (Å²) in [6, 6.07) is 6.81. The van der Waals surface area contributed by atoms with E-state index in [4.69, 9.17) is 11.6 Å². The molecule has 0 saturated carbocycles. The standard InChI is InChI=1S/C9H9ClIN/c10-7-5-6(1-2-8(7)11)9-3-4-12-9/h1-2,5,9,12H,3-4H2/t9-/m1/s1. The van der Waals surface area contributed by atoms with Gasteiger partial charge in [-0.1, -0.05) is 17.7 Å². The first-order chi connectivity index (χ1) is 5.77. The van der Waals surface area contributed by atoms with Gasteiger partial charge in [-0.2, -0.15) is 0 Å². The van der Waals surface area contributed by atoms with Gasteiger partial charge in [0.05, 0.1) is 5.02 Å². The van der Waals surface area contributed by atoms with Gasteiger partial charge in [0.15, 0.2) is 0 Å². The molecular weight excluding hydrogens is 284 g/mol. The maximum Gasteiger partial charge on any atom is 0.0542 e. The number of hydrogen-bond acceptors (Lipinski definition) is 1. The Labute approximate surface area is 90.6 Å². The summed E-state index contributed by atoms with van der Waals surface area (Å²) in [5.74, 6) is 0. The third-order valence-electron chi connectivity index (χ3n) is 2.17. The van der Waals surface area contributed by atoms with Gasteiger partial charge in [-0.3, -0.25) is 0 Å². The summed E-state index contributed by atoms with van der Waals surface area (Å²) in [5, 5.41) is 4.21. The summed E-state index contributed by atoms with van der Waals surface area (Å²) >= 11 is 8.25. The summed E-state index contributed by atoms with van der Waals surface area (Å²) in [4.78, 5) is 0. The van der Waals surface area contributed by atoms with Gasteiger partial charge >= 0.3 is 0 Å². The Morgan fingerprint density at radius 3 is 2.75 bits per heavy atom. The second-order valence-corrected chi connectivity index (χ2v) is 4.54. The minimum absolute atomic E-state index is 0.541. The predicted octanol–water partition coefficient (Wildman–Crippen LogP) is 2.98. The maximum absolute atomic E-state index is 6.00. The summed E-state index contributed by atoms with van der Waals surface area (Å²) in [6.45, 7) is 1.13. The average Bonchev–Trinajstić information content (AvgIpc) is 1.93. The van der Waals surface area contributed by atoms with Gasteiger partial charge < -0.3 is 5.32 Å². The van der Waals surface area contributed by atoms with Crippen LogP contribution in [0.1, 0.15) is 18.0 Å². The van der Waals surface area contributed by atoms with Crippen molar-refractivity contribution in [3.63, 3.8) is 0 Å². The summed E-state index contributed by atoms with van der Waals surface area (Å²) in [7, 11) is 0. The van der Waals surface area contributed by atoms with Crippen LogP contribution in [0, 0.1) is 3.57 Å². The zero-order chi connectivity index (χ0) is 8.55. The summed E-state index contributed by atoms with van der Waals surface area (Å²) < 4.78 is 1.12. The fraction of sp³-hybridized carbons (Fsp3) is 0.333. The fourth-order valence-corrected chi connectivity index (χ4v) is 1.83. The molecule has 0 spiro atoms. The first-order valence-corrected chi connectivity index (χ1v) is 5.41. The van der Waals surface area contributed by atoms with E-state index in [9.17, 15) is 0 Å². The average molecular weight is 294 g/mol. The first-order valence-electron chi connectivity index (χ1n) is 3.96. The van der Waals surface area contributed by atoms with Gasteiger partial charge in [0.2, 0.25) is 0 Å². The van der Waals surface area contributed by atoms with E-state index >= 15 is 0 Å². The lowest BCUT2D eigenvalue weighted by atomic mass is 9.98. The molecule has 0 amide bonds. The molecule has 0 unspecified atom stereocenters. The highest BCUT2D eigenvalue weighted by molar-refractivity contribution is 14.1. The topological polar surface area (TPSA) is 12.0 Å². The van der Waals surface area contributed by atoms with Crippen molar-refractivity contribution in [1.29, 1.82) is 0 Å². The van der Waals surface area contributed by atoms with E-state index in [0.29, 0.717) is 6.04 Å². The molecule has 0 aliphatic carbocycles. The monoisotopic (exact) mass is 293 g/mol. The number of hydrogen-bond donors (Lipinski definition) is 1. The van der Waals surface area contributed by atoms with Crippen molar-refractivity contribution < 1.29 is 0 Å². The van der Waals surface area contributed by atoms with E-state index in [0.717, 1.165) is 15.1 Å². The van der Waals surface area contributed by atoms with E-state index in [1.54, 1.807) is 0 Å². The highest BCUT2D eigenvalue weighted by atomic mass is 127. The number of halogens is 2. The molecule has 12 heavy (non-hydrogen) atoms. The number of benzene rings is 1. The number of nitrogens with one attached hydrogen (secondary N) is 1. The van der Waals surface area contributed by atoms with Crippen LogP contribution in [-0.4, -0.2) is 6.54 Å². The molecule has 0 radical (unpaired) electrons. The van der Waals surface area contributed by atoms with Gasteiger partial charge in [0, 0.05) is 9.61 Å². The molecule has 3 heteroatoms. The van der Waals surface area contributed by atoms with Gasteiger partial charge in [-0.15, -0.1) is 0 Å². The molecule has 1 aromatic rings. The van der Waals surface area contributed by atoms with Crippen molar-refractivity contribution in [1.82, 2.24) is 5.32 Å². The summed E-state index contributed by atoms with van der Waals surface area (Å²) in [5.41, 5.74) is 1.31. The van der Waals surface area contributed by atoms with Crippen molar-refractivity contribution in [2.75, 3.05) is 6.54 Å². The molecule has 1 saturated heterocycles. The van der Waals surface area contributed by atoms with Crippen molar-refractivity contribution in [3.8, 4) is 0 Å². The van der Waals surface area contributed by atoms with Crippen LogP contribution < -0.4 is 5.32 Å². The van der Waals surface area contributed by atoms with Gasteiger partial charge in [0.25, 0.3) is 0 Å². The van der Waals surface area contributed by atoms with Crippen LogP contribution >= 0.6 is 34.2 Å². The second kappa shape index (κ2) is 3.52. The molecule has 1 nitrogen and oxygen atoms in total. The van der Waals surface area contributed by atoms with Crippen LogP contribution in [0.25, 0.3) is 0 Å². The Bertz CT molecular complexity index is 297. The van der Waals surface area contributed by atoms with Gasteiger partial charge in [-0.25, -0.2) is 0 Å². The molecule has 64 valence electrons. The largest absolute Gasteiger partial charge is 0.310 e. The maximum atomic E-state index is 6.00. The van der Waals surface area contributed by atoms with E-state index in [1.165, 1.54) is 12.0 Å². The lowest BCUT2D eigenvalue weighted by Crippen LogP contribution is -2.34. The van der Waals surface area contributed by atoms with Crippen LogP contribution in [-0.2, 0) is 0 Å². The molecule has 2 rings (SSSR count). The van der Waals surface area contributed by atoms with Crippen LogP contribution in [0.4, 0.5) is 0 Å². The first kappa shape index (κ1) is 8.78. The SMILES string of the molecule is Clc1cc([C@H]2CCN2)ccc1I. The Morgan fingerprint density at radius 1 is 1.50 bits per heavy atom. The fourth-order valence-electron chi connectivity index (χ4n) is 1.30. The van der Waals surface area contributed by atoms with Crippen molar-refractivity contribution in [2.45, 2.75) is 12.5 Å². The Morgan fingerprint density at radius 2 is 2.25 bits per heavy atom. The zero-order valence-electron chi connectivity index (χ0n) is 6.48. The Hall–Kier alpha value is 0.200. The molecule has 0 aromatic heterocycles. The minimum Gasteiger partial charge on any atom is -0.310 e.